The van der Waals surface area contributed by atoms with Crippen LogP contribution in [-0.4, -0.2) is 53.8 Å². The lowest BCUT2D eigenvalue weighted by atomic mass is 10.2. The number of methoxy groups -OCH3 is 2. The van der Waals surface area contributed by atoms with Gasteiger partial charge < -0.3 is 19.7 Å². The molecule has 2 aromatic carbocycles. The highest BCUT2D eigenvalue weighted by molar-refractivity contribution is 6.05. The maximum Gasteiger partial charge on any atom is 0.275 e. The minimum Gasteiger partial charge on any atom is -0.497 e. The first kappa shape index (κ1) is 19.8. The number of hydrogen-bond acceptors (Lipinski definition) is 5. The molecule has 1 aliphatic rings. The SMILES string of the molecule is COc1ccc(NC(=O)Cn2nc(C(=O)N3CCCC3)c3ccccc32)c(OC)c1. The number of nitrogens with one attached hydrogen (secondary N) is 1. The fourth-order valence-electron chi connectivity index (χ4n) is 3.70. The van der Waals surface area contributed by atoms with Crippen LogP contribution in [0, 0.1) is 0 Å². The van der Waals surface area contributed by atoms with Gasteiger partial charge in [-0.1, -0.05) is 18.2 Å². The molecular weight excluding hydrogens is 384 g/mol. The second-order valence-corrected chi connectivity index (χ2v) is 7.14. The summed E-state index contributed by atoms with van der Waals surface area (Å²) >= 11 is 0. The number of rotatable bonds is 6. The predicted octanol–water partition coefficient (Wildman–Crippen LogP) is 2.93. The highest BCUT2D eigenvalue weighted by Crippen LogP contribution is 2.29. The molecule has 0 unspecified atom stereocenters. The van der Waals surface area contributed by atoms with E-state index >= 15 is 0 Å². The number of aromatic nitrogens is 2. The van der Waals surface area contributed by atoms with Crippen LogP contribution in [0.25, 0.3) is 10.9 Å². The second kappa shape index (κ2) is 8.44. The molecule has 4 rings (SSSR count). The summed E-state index contributed by atoms with van der Waals surface area (Å²) in [6.45, 7) is 1.47. The van der Waals surface area contributed by atoms with Crippen molar-refractivity contribution in [3.05, 3.63) is 48.2 Å². The third kappa shape index (κ3) is 3.80. The monoisotopic (exact) mass is 408 g/mol. The Morgan fingerprint density at radius 3 is 2.57 bits per heavy atom. The summed E-state index contributed by atoms with van der Waals surface area (Å²) in [6, 6.07) is 12.6. The van der Waals surface area contributed by atoms with Gasteiger partial charge in [0.15, 0.2) is 5.69 Å². The van der Waals surface area contributed by atoms with Gasteiger partial charge in [0.05, 0.1) is 25.4 Å². The van der Waals surface area contributed by atoms with Gasteiger partial charge in [0.1, 0.15) is 18.0 Å². The van der Waals surface area contributed by atoms with Gasteiger partial charge >= 0.3 is 0 Å². The summed E-state index contributed by atoms with van der Waals surface area (Å²) in [4.78, 5) is 27.5. The Labute approximate surface area is 174 Å². The highest BCUT2D eigenvalue weighted by Gasteiger charge is 2.25. The molecule has 0 aliphatic carbocycles. The van der Waals surface area contributed by atoms with Crippen LogP contribution >= 0.6 is 0 Å². The van der Waals surface area contributed by atoms with Crippen LogP contribution in [0.1, 0.15) is 23.3 Å². The predicted molar refractivity (Wildman–Crippen MR) is 113 cm³/mol. The lowest BCUT2D eigenvalue weighted by molar-refractivity contribution is -0.116. The zero-order valence-electron chi connectivity index (χ0n) is 17.1. The Morgan fingerprint density at radius 1 is 1.07 bits per heavy atom. The molecule has 2 amide bonds. The maximum absolute atomic E-state index is 12.9. The molecule has 1 N–H and O–H groups in total. The van der Waals surface area contributed by atoms with Crippen LogP contribution in [0.15, 0.2) is 42.5 Å². The Kier molecular flexibility index (Phi) is 5.56. The van der Waals surface area contributed by atoms with Gasteiger partial charge in [-0.05, 0) is 31.0 Å². The normalized spacial score (nSPS) is 13.5. The van der Waals surface area contributed by atoms with E-state index in [1.165, 1.54) is 7.11 Å². The standard InChI is InChI=1S/C22H24N4O4/c1-29-15-9-10-17(19(13-15)30-2)23-20(27)14-26-18-8-4-3-7-16(18)21(24-26)22(28)25-11-5-6-12-25/h3-4,7-10,13H,5-6,11-12,14H2,1-2H3,(H,23,27). The van der Waals surface area contributed by atoms with Crippen LogP contribution < -0.4 is 14.8 Å². The molecule has 1 saturated heterocycles. The molecule has 8 heteroatoms. The van der Waals surface area contributed by atoms with Gasteiger partial charge in [-0.15, -0.1) is 0 Å². The molecule has 0 spiro atoms. The van der Waals surface area contributed by atoms with Crippen molar-refractivity contribution in [2.45, 2.75) is 19.4 Å². The number of ether oxygens (including phenoxy) is 2. The van der Waals surface area contributed by atoms with E-state index in [1.807, 2.05) is 29.2 Å². The molecule has 30 heavy (non-hydrogen) atoms. The first-order valence-electron chi connectivity index (χ1n) is 9.87. The van der Waals surface area contributed by atoms with Crippen molar-refractivity contribution in [1.29, 1.82) is 0 Å². The van der Waals surface area contributed by atoms with Gasteiger partial charge in [0.25, 0.3) is 5.91 Å². The number of anilines is 1. The number of para-hydroxylation sites is 1. The van der Waals surface area contributed by atoms with Crippen LogP contribution in [0.2, 0.25) is 0 Å². The number of likely N-dealkylation sites (tertiary alicyclic amines) is 1. The summed E-state index contributed by atoms with van der Waals surface area (Å²) in [6.07, 6.45) is 2.02. The van der Waals surface area contributed by atoms with E-state index in [4.69, 9.17) is 9.47 Å². The minimum atomic E-state index is -0.271. The van der Waals surface area contributed by atoms with Crippen molar-refractivity contribution >= 4 is 28.4 Å². The first-order chi connectivity index (χ1) is 14.6. The topological polar surface area (TPSA) is 85.7 Å². The fraction of sp³-hybridized carbons (Fsp3) is 0.318. The maximum atomic E-state index is 12.9. The number of carbonyl (C=O) groups is 2. The molecule has 8 nitrogen and oxygen atoms in total. The molecular formula is C22H24N4O4. The molecule has 156 valence electrons. The van der Waals surface area contributed by atoms with Crippen molar-refractivity contribution < 1.29 is 19.1 Å². The van der Waals surface area contributed by atoms with Crippen molar-refractivity contribution in [2.75, 3.05) is 32.6 Å². The number of fused-ring (bicyclic) bond motifs is 1. The molecule has 1 fully saturated rings. The number of nitrogens with zero attached hydrogens (tertiary/aromatic N) is 3. The van der Waals surface area contributed by atoms with Crippen LogP contribution in [-0.2, 0) is 11.3 Å². The van der Waals surface area contributed by atoms with Crippen molar-refractivity contribution in [1.82, 2.24) is 14.7 Å². The van der Waals surface area contributed by atoms with Gasteiger partial charge in [-0.3, -0.25) is 14.3 Å². The highest BCUT2D eigenvalue weighted by atomic mass is 16.5. The largest absolute Gasteiger partial charge is 0.497 e. The molecule has 3 aromatic rings. The van der Waals surface area contributed by atoms with E-state index in [0.717, 1.165) is 36.8 Å². The molecule has 1 aliphatic heterocycles. The summed E-state index contributed by atoms with van der Waals surface area (Å²) in [5.41, 5.74) is 1.67. The van der Waals surface area contributed by atoms with Gasteiger partial charge in [0.2, 0.25) is 5.91 Å². The Hall–Kier alpha value is -3.55. The molecule has 0 saturated carbocycles. The Bertz CT molecular complexity index is 1090. The lowest BCUT2D eigenvalue weighted by Crippen LogP contribution is -2.28. The summed E-state index contributed by atoms with van der Waals surface area (Å²) < 4.78 is 12.1. The average Bonchev–Trinajstić information content (AvgIpc) is 3.42. The fourth-order valence-corrected chi connectivity index (χ4v) is 3.70. The van der Waals surface area contributed by atoms with E-state index in [0.29, 0.717) is 22.9 Å². The molecule has 2 heterocycles. The Morgan fingerprint density at radius 2 is 1.83 bits per heavy atom. The quantitative estimate of drug-likeness (QED) is 0.678. The van der Waals surface area contributed by atoms with E-state index in [9.17, 15) is 9.59 Å². The summed E-state index contributed by atoms with van der Waals surface area (Å²) in [5, 5.41) is 8.10. The molecule has 0 bridgehead atoms. The van der Waals surface area contributed by atoms with Gasteiger partial charge in [0, 0.05) is 24.5 Å². The van der Waals surface area contributed by atoms with E-state index in [-0.39, 0.29) is 18.4 Å². The van der Waals surface area contributed by atoms with Crippen molar-refractivity contribution in [3.63, 3.8) is 0 Å². The van der Waals surface area contributed by atoms with Gasteiger partial charge in [-0.2, -0.15) is 5.10 Å². The smallest absolute Gasteiger partial charge is 0.275 e. The van der Waals surface area contributed by atoms with Crippen molar-refractivity contribution in [3.8, 4) is 11.5 Å². The van der Waals surface area contributed by atoms with Crippen LogP contribution in [0.4, 0.5) is 5.69 Å². The van der Waals surface area contributed by atoms with Gasteiger partial charge in [-0.25, -0.2) is 0 Å². The lowest BCUT2D eigenvalue weighted by Gasteiger charge is -2.13. The summed E-state index contributed by atoms with van der Waals surface area (Å²) in [7, 11) is 3.10. The average molecular weight is 408 g/mol. The third-order valence-electron chi connectivity index (χ3n) is 5.23. The number of amides is 2. The van der Waals surface area contributed by atoms with Crippen LogP contribution in [0.3, 0.4) is 0 Å². The van der Waals surface area contributed by atoms with E-state index in [2.05, 4.69) is 10.4 Å². The second-order valence-electron chi connectivity index (χ2n) is 7.14. The minimum absolute atomic E-state index is 0.0248. The number of hydrogen-bond donors (Lipinski definition) is 1. The summed E-state index contributed by atoms with van der Waals surface area (Å²) in [5.74, 6) is 0.775. The van der Waals surface area contributed by atoms with E-state index in [1.54, 1.807) is 30.0 Å². The zero-order valence-corrected chi connectivity index (χ0v) is 17.1. The van der Waals surface area contributed by atoms with Crippen molar-refractivity contribution in [2.24, 2.45) is 0 Å². The Balaban J connectivity index is 1.58. The van der Waals surface area contributed by atoms with Crippen LogP contribution in [0.5, 0.6) is 11.5 Å². The number of carbonyl (C=O) groups excluding carboxylic acids is 2. The molecule has 0 radical (unpaired) electrons. The third-order valence-corrected chi connectivity index (χ3v) is 5.23. The molecule has 1 aromatic heterocycles. The number of benzene rings is 2. The molecule has 0 atom stereocenters. The van der Waals surface area contributed by atoms with E-state index < -0.39 is 0 Å². The zero-order chi connectivity index (χ0) is 21.1. The first-order valence-corrected chi connectivity index (χ1v) is 9.87.